The van der Waals surface area contributed by atoms with Gasteiger partial charge in [-0.25, -0.2) is 0 Å². The van der Waals surface area contributed by atoms with E-state index in [1.807, 2.05) is 0 Å². The number of aliphatic imine (C=N–C) groups is 1. The standard InChI is InChI=1S/C16H30N2/c1-10(2)14-13(7)17-16(8,9)18(12(5)6)15(14)11(3)4/h10-12H,1-9H3. The lowest BCUT2D eigenvalue weighted by molar-refractivity contribution is 0.115. The van der Waals surface area contributed by atoms with Crippen molar-refractivity contribution in [3.05, 3.63) is 11.3 Å². The Labute approximate surface area is 113 Å². The normalized spacial score (nSPS) is 20.2. The van der Waals surface area contributed by atoms with Gasteiger partial charge < -0.3 is 4.90 Å². The van der Waals surface area contributed by atoms with Crippen LogP contribution in [-0.4, -0.2) is 22.3 Å². The van der Waals surface area contributed by atoms with Crippen molar-refractivity contribution in [3.63, 3.8) is 0 Å². The van der Waals surface area contributed by atoms with Crippen LogP contribution in [0.5, 0.6) is 0 Å². The molecule has 1 aliphatic heterocycles. The van der Waals surface area contributed by atoms with Gasteiger partial charge in [-0.1, -0.05) is 27.7 Å². The molecule has 0 bridgehead atoms. The summed E-state index contributed by atoms with van der Waals surface area (Å²) in [5, 5.41) is 0. The molecule has 0 aliphatic carbocycles. The summed E-state index contributed by atoms with van der Waals surface area (Å²) in [6.07, 6.45) is 0. The molecule has 0 saturated heterocycles. The third-order valence-corrected chi connectivity index (χ3v) is 3.60. The van der Waals surface area contributed by atoms with E-state index in [9.17, 15) is 0 Å². The van der Waals surface area contributed by atoms with E-state index < -0.39 is 0 Å². The summed E-state index contributed by atoms with van der Waals surface area (Å²) in [4.78, 5) is 7.44. The highest BCUT2D eigenvalue weighted by Crippen LogP contribution is 2.37. The van der Waals surface area contributed by atoms with Crippen molar-refractivity contribution in [3.8, 4) is 0 Å². The molecule has 0 fully saturated rings. The van der Waals surface area contributed by atoms with Gasteiger partial charge in [0, 0.05) is 17.5 Å². The number of allylic oxidation sites excluding steroid dienone is 2. The summed E-state index contributed by atoms with van der Waals surface area (Å²) in [6, 6.07) is 0.475. The predicted octanol–water partition coefficient (Wildman–Crippen LogP) is 4.47. The lowest BCUT2D eigenvalue weighted by Gasteiger charge is -2.48. The highest BCUT2D eigenvalue weighted by Gasteiger charge is 2.37. The highest BCUT2D eigenvalue weighted by molar-refractivity contribution is 6.00. The molecule has 1 rings (SSSR count). The smallest absolute Gasteiger partial charge is 0.126 e. The van der Waals surface area contributed by atoms with Crippen LogP contribution in [0.3, 0.4) is 0 Å². The lowest BCUT2D eigenvalue weighted by atomic mass is 9.87. The molecule has 0 aromatic carbocycles. The van der Waals surface area contributed by atoms with Crippen molar-refractivity contribution >= 4 is 5.71 Å². The van der Waals surface area contributed by atoms with Gasteiger partial charge in [0.05, 0.1) is 0 Å². The van der Waals surface area contributed by atoms with Gasteiger partial charge in [-0.3, -0.25) is 4.99 Å². The molecule has 2 nitrogen and oxygen atoms in total. The molecule has 0 unspecified atom stereocenters. The minimum absolute atomic E-state index is 0.129. The number of rotatable bonds is 3. The van der Waals surface area contributed by atoms with E-state index in [2.05, 4.69) is 67.2 Å². The molecule has 0 amide bonds. The van der Waals surface area contributed by atoms with Crippen LogP contribution in [0.2, 0.25) is 0 Å². The Kier molecular flexibility index (Phi) is 4.30. The van der Waals surface area contributed by atoms with E-state index in [0.29, 0.717) is 17.9 Å². The second-order valence-corrected chi connectivity index (χ2v) is 6.76. The van der Waals surface area contributed by atoms with Crippen LogP contribution < -0.4 is 0 Å². The Balaban J connectivity index is 3.49. The van der Waals surface area contributed by atoms with Gasteiger partial charge in [0.1, 0.15) is 5.66 Å². The van der Waals surface area contributed by atoms with Crippen LogP contribution in [0, 0.1) is 11.8 Å². The largest absolute Gasteiger partial charge is 0.348 e. The fourth-order valence-electron chi connectivity index (χ4n) is 3.35. The lowest BCUT2D eigenvalue weighted by Crippen LogP contribution is -2.51. The Morgan fingerprint density at radius 1 is 0.944 bits per heavy atom. The fraction of sp³-hybridized carbons (Fsp3) is 0.812. The first kappa shape index (κ1) is 15.3. The first-order valence-electron chi connectivity index (χ1n) is 7.19. The molecule has 0 aromatic rings. The molecule has 0 radical (unpaired) electrons. The number of hydrogen-bond acceptors (Lipinski definition) is 2. The van der Waals surface area contributed by atoms with Crippen LogP contribution in [-0.2, 0) is 0 Å². The average molecular weight is 250 g/mol. The van der Waals surface area contributed by atoms with Crippen LogP contribution in [0.1, 0.15) is 62.3 Å². The Hall–Kier alpha value is -0.790. The molecular weight excluding hydrogens is 220 g/mol. The maximum atomic E-state index is 4.94. The van der Waals surface area contributed by atoms with Gasteiger partial charge in [0.2, 0.25) is 0 Å². The van der Waals surface area contributed by atoms with E-state index in [4.69, 9.17) is 4.99 Å². The van der Waals surface area contributed by atoms with E-state index in [-0.39, 0.29) is 5.66 Å². The third-order valence-electron chi connectivity index (χ3n) is 3.60. The maximum absolute atomic E-state index is 4.94. The van der Waals surface area contributed by atoms with Crippen LogP contribution in [0.25, 0.3) is 0 Å². The first-order valence-corrected chi connectivity index (χ1v) is 7.19. The predicted molar refractivity (Wildman–Crippen MR) is 80.9 cm³/mol. The van der Waals surface area contributed by atoms with Crippen molar-refractivity contribution in [2.75, 3.05) is 0 Å². The Morgan fingerprint density at radius 2 is 1.44 bits per heavy atom. The van der Waals surface area contributed by atoms with Gasteiger partial charge in [0.15, 0.2) is 0 Å². The van der Waals surface area contributed by atoms with Gasteiger partial charge in [-0.05, 0) is 52.0 Å². The van der Waals surface area contributed by atoms with Crippen molar-refractivity contribution in [2.24, 2.45) is 16.8 Å². The summed E-state index contributed by atoms with van der Waals surface area (Å²) in [5.41, 5.74) is 4.02. The SMILES string of the molecule is CC1=NC(C)(C)N(C(C)C)C(C(C)C)=C1C(C)C. The first-order chi connectivity index (χ1) is 8.09. The summed E-state index contributed by atoms with van der Waals surface area (Å²) < 4.78 is 0. The summed E-state index contributed by atoms with van der Waals surface area (Å²) in [5.74, 6) is 1.07. The van der Waals surface area contributed by atoms with Crippen LogP contribution in [0.4, 0.5) is 0 Å². The minimum Gasteiger partial charge on any atom is -0.348 e. The zero-order valence-electron chi connectivity index (χ0n) is 13.6. The molecule has 2 heteroatoms. The quantitative estimate of drug-likeness (QED) is 0.721. The topological polar surface area (TPSA) is 15.6 Å². The maximum Gasteiger partial charge on any atom is 0.126 e. The van der Waals surface area contributed by atoms with Gasteiger partial charge >= 0.3 is 0 Å². The number of hydrogen-bond donors (Lipinski definition) is 0. The van der Waals surface area contributed by atoms with Gasteiger partial charge in [-0.15, -0.1) is 0 Å². The molecule has 0 spiro atoms. The molecule has 18 heavy (non-hydrogen) atoms. The minimum atomic E-state index is -0.129. The van der Waals surface area contributed by atoms with Gasteiger partial charge in [-0.2, -0.15) is 0 Å². The molecule has 104 valence electrons. The molecular formula is C16H30N2. The molecule has 1 heterocycles. The fourth-order valence-corrected chi connectivity index (χ4v) is 3.35. The third kappa shape index (κ3) is 2.62. The highest BCUT2D eigenvalue weighted by atomic mass is 15.3. The second kappa shape index (κ2) is 5.07. The van der Waals surface area contributed by atoms with Crippen LogP contribution in [0.15, 0.2) is 16.3 Å². The van der Waals surface area contributed by atoms with Crippen molar-refractivity contribution in [1.29, 1.82) is 0 Å². The van der Waals surface area contributed by atoms with E-state index in [1.54, 1.807) is 0 Å². The zero-order chi connectivity index (χ0) is 14.2. The van der Waals surface area contributed by atoms with Crippen LogP contribution >= 0.6 is 0 Å². The molecule has 0 saturated carbocycles. The monoisotopic (exact) mass is 250 g/mol. The second-order valence-electron chi connectivity index (χ2n) is 6.76. The Morgan fingerprint density at radius 3 is 1.78 bits per heavy atom. The molecule has 1 aliphatic rings. The summed E-state index contributed by atoms with van der Waals surface area (Å²) in [6.45, 7) is 20.3. The van der Waals surface area contributed by atoms with Crippen molar-refractivity contribution in [2.45, 2.75) is 74.0 Å². The van der Waals surface area contributed by atoms with E-state index >= 15 is 0 Å². The average Bonchev–Trinajstić information content (AvgIpc) is 2.12. The van der Waals surface area contributed by atoms with E-state index in [0.717, 1.165) is 0 Å². The van der Waals surface area contributed by atoms with Gasteiger partial charge in [0.25, 0.3) is 0 Å². The van der Waals surface area contributed by atoms with Crippen molar-refractivity contribution in [1.82, 2.24) is 4.90 Å². The summed E-state index contributed by atoms with van der Waals surface area (Å²) in [7, 11) is 0. The van der Waals surface area contributed by atoms with E-state index in [1.165, 1.54) is 17.0 Å². The van der Waals surface area contributed by atoms with Crippen molar-refractivity contribution < 1.29 is 0 Å². The molecule has 0 atom stereocenters. The number of nitrogens with zero attached hydrogens (tertiary/aromatic N) is 2. The zero-order valence-corrected chi connectivity index (χ0v) is 13.6. The Bertz CT molecular complexity index is 371. The molecule has 0 N–H and O–H groups in total. The molecule has 0 aromatic heterocycles. The summed E-state index contributed by atoms with van der Waals surface area (Å²) >= 11 is 0.